The van der Waals surface area contributed by atoms with Crippen LogP contribution in [0.1, 0.15) is 5.56 Å². The first-order valence-corrected chi connectivity index (χ1v) is 9.83. The van der Waals surface area contributed by atoms with Crippen LogP contribution in [0.25, 0.3) is 11.0 Å². The van der Waals surface area contributed by atoms with Crippen LogP contribution in [0, 0.1) is 24.0 Å². The standard InChI is InChI=1S/C17H15ClF2N6OS/c1-3-6-26-17-15(16(18)25-26)14(4-5-23-17)24-9-11-12(19)7-10(8-13(11)20)28(21,27)22-2/h1,4-5,7-8H,6,9H2,2H3,(H,23,24)(H2,21,22,27). The minimum Gasteiger partial charge on any atom is -0.380 e. The number of aromatic nitrogens is 3. The fourth-order valence-electron chi connectivity index (χ4n) is 2.60. The molecule has 0 fully saturated rings. The molecule has 0 aliphatic rings. The van der Waals surface area contributed by atoms with Crippen LogP contribution in [0.15, 0.2) is 33.7 Å². The molecule has 1 aromatic carbocycles. The van der Waals surface area contributed by atoms with Crippen molar-refractivity contribution in [1.29, 1.82) is 0 Å². The van der Waals surface area contributed by atoms with E-state index in [1.165, 1.54) is 17.9 Å². The third-order valence-corrected chi connectivity index (χ3v) is 5.73. The van der Waals surface area contributed by atoms with Crippen LogP contribution < -0.4 is 10.5 Å². The Morgan fingerprint density at radius 3 is 2.71 bits per heavy atom. The molecule has 3 aromatic rings. The van der Waals surface area contributed by atoms with E-state index in [1.807, 2.05) is 0 Å². The zero-order chi connectivity index (χ0) is 20.5. The maximum absolute atomic E-state index is 14.4. The molecule has 1 atom stereocenters. The maximum Gasteiger partial charge on any atom is 0.162 e. The van der Waals surface area contributed by atoms with Gasteiger partial charge in [0, 0.05) is 25.4 Å². The Bertz CT molecular complexity index is 1200. The second kappa shape index (κ2) is 7.71. The largest absolute Gasteiger partial charge is 0.380 e. The minimum atomic E-state index is -3.34. The Kier molecular flexibility index (Phi) is 5.51. The normalized spacial score (nSPS) is 13.1. The number of pyridine rings is 1. The van der Waals surface area contributed by atoms with Gasteiger partial charge in [-0.3, -0.25) is 0 Å². The summed E-state index contributed by atoms with van der Waals surface area (Å²) in [6.45, 7) is -0.0338. The van der Waals surface area contributed by atoms with E-state index >= 15 is 0 Å². The van der Waals surface area contributed by atoms with Gasteiger partial charge >= 0.3 is 0 Å². The molecule has 146 valence electrons. The van der Waals surface area contributed by atoms with E-state index in [-0.39, 0.29) is 28.7 Å². The first-order valence-electron chi connectivity index (χ1n) is 7.87. The predicted octanol–water partition coefficient (Wildman–Crippen LogP) is 2.94. The van der Waals surface area contributed by atoms with Crippen molar-refractivity contribution in [3.05, 3.63) is 46.7 Å². The van der Waals surface area contributed by atoms with Gasteiger partial charge < -0.3 is 5.32 Å². The highest BCUT2D eigenvalue weighted by atomic mass is 35.5. The van der Waals surface area contributed by atoms with Gasteiger partial charge in [-0.1, -0.05) is 17.5 Å². The number of hydrogen-bond donors (Lipinski definition) is 2. The maximum atomic E-state index is 14.4. The number of terminal acetylenes is 1. The van der Waals surface area contributed by atoms with E-state index in [0.29, 0.717) is 16.7 Å². The first kappa shape index (κ1) is 20.0. The van der Waals surface area contributed by atoms with Crippen LogP contribution in [0.5, 0.6) is 0 Å². The van der Waals surface area contributed by atoms with Crippen molar-refractivity contribution in [2.75, 3.05) is 12.4 Å². The summed E-state index contributed by atoms with van der Waals surface area (Å²) in [6, 6.07) is 3.42. The Morgan fingerprint density at radius 1 is 1.43 bits per heavy atom. The lowest BCUT2D eigenvalue weighted by atomic mass is 10.2. The van der Waals surface area contributed by atoms with Crippen molar-refractivity contribution in [2.45, 2.75) is 18.0 Å². The number of nitrogens with one attached hydrogen (secondary N) is 1. The summed E-state index contributed by atoms with van der Waals surface area (Å²) < 4.78 is 45.7. The highest BCUT2D eigenvalue weighted by Gasteiger charge is 2.18. The van der Waals surface area contributed by atoms with Crippen LogP contribution in [0.2, 0.25) is 5.15 Å². The number of rotatable bonds is 5. The summed E-state index contributed by atoms with van der Waals surface area (Å²) in [5, 5.41) is 13.1. The quantitative estimate of drug-likeness (QED) is 0.615. The van der Waals surface area contributed by atoms with Gasteiger partial charge in [-0.05, 0) is 18.2 Å². The summed E-state index contributed by atoms with van der Waals surface area (Å²) in [5.41, 5.74) is 0.663. The van der Waals surface area contributed by atoms with Gasteiger partial charge in [-0.25, -0.2) is 32.2 Å². The molecule has 0 aliphatic carbocycles. The Morgan fingerprint density at radius 2 is 2.11 bits per heavy atom. The molecule has 0 aliphatic heterocycles. The third kappa shape index (κ3) is 3.64. The molecular formula is C17H15ClF2N6OS. The van der Waals surface area contributed by atoms with E-state index in [4.69, 9.17) is 23.2 Å². The summed E-state index contributed by atoms with van der Waals surface area (Å²) >= 11 is 6.16. The molecule has 3 N–H and O–H groups in total. The monoisotopic (exact) mass is 424 g/mol. The molecule has 0 bridgehead atoms. The highest BCUT2D eigenvalue weighted by Crippen LogP contribution is 2.29. The van der Waals surface area contributed by atoms with Gasteiger partial charge in [-0.15, -0.1) is 6.42 Å². The number of fused-ring (bicyclic) bond motifs is 1. The molecule has 3 rings (SSSR count). The van der Waals surface area contributed by atoms with Crippen molar-refractivity contribution < 1.29 is 13.0 Å². The van der Waals surface area contributed by atoms with Crippen molar-refractivity contribution in [3.63, 3.8) is 0 Å². The van der Waals surface area contributed by atoms with E-state index in [1.54, 1.807) is 6.07 Å². The third-order valence-electron chi connectivity index (χ3n) is 4.01. The molecule has 0 saturated carbocycles. The summed E-state index contributed by atoms with van der Waals surface area (Å²) in [6.07, 6.45) is 6.80. The van der Waals surface area contributed by atoms with Gasteiger partial charge in [0.1, 0.15) is 28.1 Å². The lowest BCUT2D eigenvalue weighted by Gasteiger charge is -2.11. The van der Waals surface area contributed by atoms with Gasteiger partial charge in [0.2, 0.25) is 0 Å². The van der Waals surface area contributed by atoms with Crippen molar-refractivity contribution in [1.82, 2.24) is 14.8 Å². The van der Waals surface area contributed by atoms with E-state index in [0.717, 1.165) is 12.1 Å². The Balaban J connectivity index is 1.95. The van der Waals surface area contributed by atoms with Crippen LogP contribution in [0.3, 0.4) is 0 Å². The molecule has 2 heterocycles. The summed E-state index contributed by atoms with van der Waals surface area (Å²) in [5.74, 6) is 0.646. The van der Waals surface area contributed by atoms with Crippen LogP contribution in [-0.2, 0) is 23.0 Å². The lowest BCUT2D eigenvalue weighted by molar-refractivity contribution is 0.553. The number of nitrogens with two attached hydrogens (primary N) is 1. The zero-order valence-corrected chi connectivity index (χ0v) is 16.2. The van der Waals surface area contributed by atoms with E-state index in [2.05, 4.69) is 25.7 Å². The highest BCUT2D eigenvalue weighted by molar-refractivity contribution is 7.91. The topological polar surface area (TPSA) is 98.2 Å². The van der Waals surface area contributed by atoms with E-state index < -0.39 is 21.5 Å². The molecule has 11 heteroatoms. The van der Waals surface area contributed by atoms with Crippen LogP contribution in [-0.4, -0.2) is 26.0 Å². The molecule has 0 radical (unpaired) electrons. The summed E-state index contributed by atoms with van der Waals surface area (Å²) in [7, 11) is -2.13. The Hall–Kier alpha value is -2.74. The van der Waals surface area contributed by atoms with Crippen LogP contribution in [0.4, 0.5) is 14.5 Å². The van der Waals surface area contributed by atoms with Gasteiger partial charge in [0.15, 0.2) is 10.8 Å². The molecule has 2 aromatic heterocycles. The zero-order valence-electron chi connectivity index (χ0n) is 14.6. The van der Waals surface area contributed by atoms with Crippen LogP contribution >= 0.6 is 11.6 Å². The lowest BCUT2D eigenvalue weighted by Crippen LogP contribution is -2.14. The SMILES string of the molecule is C#CCn1nc(Cl)c2c(NCc3c(F)cc(S(N)(=O)=NC)cc3F)ccnc21. The van der Waals surface area contributed by atoms with Crippen molar-refractivity contribution >= 4 is 38.2 Å². The second-order valence-electron chi connectivity index (χ2n) is 5.68. The number of nitrogens with zero attached hydrogens (tertiary/aromatic N) is 4. The summed E-state index contributed by atoms with van der Waals surface area (Å²) in [4.78, 5) is 3.97. The van der Waals surface area contributed by atoms with Gasteiger partial charge in [0.05, 0.1) is 16.0 Å². The van der Waals surface area contributed by atoms with Gasteiger partial charge in [-0.2, -0.15) is 5.10 Å². The number of anilines is 1. The smallest absolute Gasteiger partial charge is 0.162 e. The average Bonchev–Trinajstić information content (AvgIpc) is 2.97. The molecule has 0 saturated heterocycles. The molecule has 0 amide bonds. The predicted molar refractivity (Wildman–Crippen MR) is 104 cm³/mol. The Labute approximate surface area is 165 Å². The van der Waals surface area contributed by atoms with Gasteiger partial charge in [0.25, 0.3) is 0 Å². The fourth-order valence-corrected chi connectivity index (χ4v) is 3.64. The minimum absolute atomic E-state index is 0.157. The van der Waals surface area contributed by atoms with Crippen molar-refractivity contribution in [2.24, 2.45) is 9.50 Å². The van der Waals surface area contributed by atoms with Crippen molar-refractivity contribution in [3.8, 4) is 12.3 Å². The average molecular weight is 425 g/mol. The second-order valence-corrected chi connectivity index (χ2v) is 8.01. The first-order chi connectivity index (χ1) is 13.3. The molecule has 28 heavy (non-hydrogen) atoms. The molecule has 0 spiro atoms. The molecule has 1 unspecified atom stereocenters. The fraction of sp³-hybridized carbons (Fsp3) is 0.176. The molecular weight excluding hydrogens is 410 g/mol. The number of benzene rings is 1. The van der Waals surface area contributed by atoms with E-state index in [9.17, 15) is 13.0 Å². The number of halogens is 3. The molecule has 7 nitrogen and oxygen atoms in total. The number of hydrogen-bond acceptors (Lipinski definition) is 5.